The number of rotatable bonds is 4. The lowest BCUT2D eigenvalue weighted by molar-refractivity contribution is -0.148. The smallest absolute Gasteiger partial charge is 0.333 e. The Morgan fingerprint density at radius 1 is 1.69 bits per heavy atom. The summed E-state index contributed by atoms with van der Waals surface area (Å²) in [6, 6.07) is 5.37. The van der Waals surface area contributed by atoms with Crippen LogP contribution in [0.3, 0.4) is 0 Å². The Bertz CT molecular complexity index is 273. The molecule has 1 aromatic heterocycles. The normalized spacial score (nSPS) is 12.4. The predicted molar refractivity (Wildman–Crippen MR) is 46.4 cm³/mol. The van der Waals surface area contributed by atoms with Crippen LogP contribution in [0.4, 0.5) is 0 Å². The molecule has 1 unspecified atom stereocenters. The van der Waals surface area contributed by atoms with Crippen molar-refractivity contribution in [1.82, 2.24) is 4.98 Å². The van der Waals surface area contributed by atoms with E-state index in [0.717, 1.165) is 5.69 Å². The third kappa shape index (κ3) is 2.83. The van der Waals surface area contributed by atoms with Crippen molar-refractivity contribution in [2.24, 2.45) is 0 Å². The van der Waals surface area contributed by atoms with Gasteiger partial charge < -0.3 is 9.84 Å². The molecule has 1 heterocycles. The van der Waals surface area contributed by atoms with Gasteiger partial charge in [-0.2, -0.15) is 0 Å². The van der Waals surface area contributed by atoms with E-state index in [2.05, 4.69) is 4.98 Å². The lowest BCUT2D eigenvalue weighted by Crippen LogP contribution is -2.25. The molecule has 0 bridgehead atoms. The zero-order valence-corrected chi connectivity index (χ0v) is 7.30. The molecular formula is C9H11NO3. The summed E-state index contributed by atoms with van der Waals surface area (Å²) in [4.78, 5) is 14.6. The first-order chi connectivity index (χ1) is 6.24. The molecule has 0 aromatic carbocycles. The van der Waals surface area contributed by atoms with E-state index in [1.54, 1.807) is 18.3 Å². The summed E-state index contributed by atoms with van der Waals surface area (Å²) >= 11 is 0. The van der Waals surface area contributed by atoms with Gasteiger partial charge in [-0.15, -0.1) is 0 Å². The fourth-order valence-corrected chi connectivity index (χ4v) is 0.980. The first kappa shape index (κ1) is 9.67. The van der Waals surface area contributed by atoms with Gasteiger partial charge in [0, 0.05) is 25.4 Å². The van der Waals surface area contributed by atoms with Crippen molar-refractivity contribution in [3.8, 4) is 0 Å². The Balaban J connectivity index is 2.62. The number of carboxylic acid groups (broad SMARTS) is 1. The maximum atomic E-state index is 10.6. The van der Waals surface area contributed by atoms with Crippen LogP contribution in [-0.2, 0) is 16.0 Å². The van der Waals surface area contributed by atoms with Crippen molar-refractivity contribution in [3.63, 3.8) is 0 Å². The highest BCUT2D eigenvalue weighted by Gasteiger charge is 2.16. The number of hydrogen-bond acceptors (Lipinski definition) is 3. The molecule has 4 heteroatoms. The lowest BCUT2D eigenvalue weighted by atomic mass is 10.2. The van der Waals surface area contributed by atoms with Crippen LogP contribution in [0.15, 0.2) is 24.4 Å². The second-order valence-corrected chi connectivity index (χ2v) is 2.59. The molecule has 0 radical (unpaired) electrons. The first-order valence-electron chi connectivity index (χ1n) is 3.89. The average Bonchev–Trinajstić information content (AvgIpc) is 2.15. The van der Waals surface area contributed by atoms with Crippen LogP contribution in [0.25, 0.3) is 0 Å². The van der Waals surface area contributed by atoms with Crippen LogP contribution in [0.2, 0.25) is 0 Å². The Kier molecular flexibility index (Phi) is 3.40. The molecule has 0 spiro atoms. The van der Waals surface area contributed by atoms with E-state index in [-0.39, 0.29) is 0 Å². The molecule has 13 heavy (non-hydrogen) atoms. The summed E-state index contributed by atoms with van der Waals surface area (Å²) < 4.78 is 4.78. The Labute approximate surface area is 76.2 Å². The van der Waals surface area contributed by atoms with Gasteiger partial charge in [0.15, 0.2) is 6.10 Å². The standard InChI is InChI=1S/C9H11NO3/c1-13-8(9(11)12)6-7-4-2-3-5-10-7/h2-5,8H,6H2,1H3,(H,11,12). The fourth-order valence-electron chi connectivity index (χ4n) is 0.980. The topological polar surface area (TPSA) is 59.4 Å². The monoisotopic (exact) mass is 181 g/mol. The SMILES string of the molecule is COC(Cc1ccccn1)C(=O)O. The maximum Gasteiger partial charge on any atom is 0.333 e. The van der Waals surface area contributed by atoms with Crippen LogP contribution in [-0.4, -0.2) is 29.3 Å². The lowest BCUT2D eigenvalue weighted by Gasteiger charge is -2.08. The van der Waals surface area contributed by atoms with Crippen molar-refractivity contribution in [1.29, 1.82) is 0 Å². The van der Waals surface area contributed by atoms with Crippen LogP contribution >= 0.6 is 0 Å². The number of hydrogen-bond donors (Lipinski definition) is 1. The molecule has 0 amide bonds. The van der Waals surface area contributed by atoms with Gasteiger partial charge in [-0.1, -0.05) is 6.07 Å². The number of aromatic nitrogens is 1. The van der Waals surface area contributed by atoms with Crippen molar-refractivity contribution in [3.05, 3.63) is 30.1 Å². The first-order valence-corrected chi connectivity index (χ1v) is 3.89. The Morgan fingerprint density at radius 3 is 2.92 bits per heavy atom. The van der Waals surface area contributed by atoms with Crippen LogP contribution < -0.4 is 0 Å². The van der Waals surface area contributed by atoms with Gasteiger partial charge in [-0.05, 0) is 12.1 Å². The minimum Gasteiger partial charge on any atom is -0.479 e. The van der Waals surface area contributed by atoms with Gasteiger partial charge in [0.25, 0.3) is 0 Å². The number of methoxy groups -OCH3 is 1. The zero-order valence-electron chi connectivity index (χ0n) is 7.30. The van der Waals surface area contributed by atoms with Gasteiger partial charge in [0.2, 0.25) is 0 Å². The van der Waals surface area contributed by atoms with E-state index >= 15 is 0 Å². The second-order valence-electron chi connectivity index (χ2n) is 2.59. The molecule has 0 saturated heterocycles. The molecule has 1 atom stereocenters. The minimum absolute atomic E-state index is 0.298. The highest BCUT2D eigenvalue weighted by atomic mass is 16.5. The van der Waals surface area contributed by atoms with Crippen molar-refractivity contribution < 1.29 is 14.6 Å². The number of carbonyl (C=O) groups is 1. The zero-order chi connectivity index (χ0) is 9.68. The largest absolute Gasteiger partial charge is 0.479 e. The quantitative estimate of drug-likeness (QED) is 0.743. The number of pyridine rings is 1. The fraction of sp³-hybridized carbons (Fsp3) is 0.333. The molecule has 1 N–H and O–H groups in total. The maximum absolute atomic E-state index is 10.6. The van der Waals surface area contributed by atoms with E-state index in [0.29, 0.717) is 6.42 Å². The van der Waals surface area contributed by atoms with E-state index in [1.807, 2.05) is 6.07 Å². The molecule has 0 aliphatic rings. The van der Waals surface area contributed by atoms with Gasteiger partial charge >= 0.3 is 5.97 Å². The molecular weight excluding hydrogens is 170 g/mol. The third-order valence-corrected chi connectivity index (χ3v) is 1.68. The average molecular weight is 181 g/mol. The van der Waals surface area contributed by atoms with E-state index < -0.39 is 12.1 Å². The molecule has 0 aliphatic carbocycles. The number of carboxylic acids is 1. The van der Waals surface area contributed by atoms with E-state index in [9.17, 15) is 4.79 Å². The Morgan fingerprint density at radius 2 is 2.46 bits per heavy atom. The predicted octanol–water partition coefficient (Wildman–Crippen LogP) is 0.724. The molecule has 1 aromatic rings. The summed E-state index contributed by atoms with van der Waals surface area (Å²) in [5.41, 5.74) is 0.719. The van der Waals surface area contributed by atoms with E-state index in [4.69, 9.17) is 9.84 Å². The highest BCUT2D eigenvalue weighted by Crippen LogP contribution is 2.02. The Hall–Kier alpha value is -1.42. The van der Waals surface area contributed by atoms with Gasteiger partial charge in [-0.25, -0.2) is 4.79 Å². The molecule has 70 valence electrons. The van der Waals surface area contributed by atoms with Gasteiger partial charge in [0.1, 0.15) is 0 Å². The van der Waals surface area contributed by atoms with Gasteiger partial charge in [0.05, 0.1) is 0 Å². The number of nitrogens with zero attached hydrogens (tertiary/aromatic N) is 1. The second kappa shape index (κ2) is 4.57. The van der Waals surface area contributed by atoms with Gasteiger partial charge in [-0.3, -0.25) is 4.98 Å². The van der Waals surface area contributed by atoms with Crippen LogP contribution in [0, 0.1) is 0 Å². The molecule has 1 rings (SSSR count). The van der Waals surface area contributed by atoms with Crippen molar-refractivity contribution >= 4 is 5.97 Å². The summed E-state index contributed by atoms with van der Waals surface area (Å²) in [5, 5.41) is 8.68. The molecule has 0 aliphatic heterocycles. The van der Waals surface area contributed by atoms with E-state index in [1.165, 1.54) is 7.11 Å². The van der Waals surface area contributed by atoms with Crippen molar-refractivity contribution in [2.75, 3.05) is 7.11 Å². The number of aliphatic carboxylic acids is 1. The summed E-state index contributed by atoms with van der Waals surface area (Å²) in [5.74, 6) is -0.965. The number of ether oxygens (including phenoxy) is 1. The molecule has 4 nitrogen and oxygen atoms in total. The van der Waals surface area contributed by atoms with Crippen LogP contribution in [0.5, 0.6) is 0 Å². The summed E-state index contributed by atoms with van der Waals surface area (Å²) in [6.45, 7) is 0. The van der Waals surface area contributed by atoms with Crippen molar-refractivity contribution in [2.45, 2.75) is 12.5 Å². The molecule has 0 fully saturated rings. The highest BCUT2D eigenvalue weighted by molar-refractivity contribution is 5.72. The summed E-state index contributed by atoms with van der Waals surface area (Å²) in [6.07, 6.45) is 1.12. The minimum atomic E-state index is -0.965. The third-order valence-electron chi connectivity index (χ3n) is 1.68. The molecule has 0 saturated carbocycles. The van der Waals surface area contributed by atoms with Crippen LogP contribution in [0.1, 0.15) is 5.69 Å². The summed E-state index contributed by atoms with van der Waals surface area (Å²) in [7, 11) is 1.38.